The largest absolute Gasteiger partial charge is 0.482 e. The molecule has 23 heavy (non-hydrogen) atoms. The van der Waals surface area contributed by atoms with Gasteiger partial charge in [0, 0.05) is 12.6 Å². The normalized spacial score (nSPS) is 16.1. The molecule has 10 heteroatoms. The van der Waals surface area contributed by atoms with E-state index in [9.17, 15) is 24.2 Å². The Morgan fingerprint density at radius 3 is 2.52 bits per heavy atom. The molecule has 0 aliphatic carbocycles. The second-order valence-electron chi connectivity index (χ2n) is 4.93. The number of hydrogen-bond acceptors (Lipinski definition) is 5. The molecule has 0 heterocycles. The molecule has 3 atom stereocenters. The van der Waals surface area contributed by atoms with Gasteiger partial charge in [0.05, 0.1) is 0 Å². The number of aliphatic hydroxyl groups is 1. The number of rotatable bonds is 9. The highest BCUT2D eigenvalue weighted by molar-refractivity contribution is 7.58. The Morgan fingerprint density at radius 1 is 1.30 bits per heavy atom. The molecule has 0 aliphatic heterocycles. The second kappa shape index (κ2) is 8.07. The number of carbonyl (C=O) groups is 2. The van der Waals surface area contributed by atoms with Gasteiger partial charge in [0.15, 0.2) is 18.5 Å². The van der Waals surface area contributed by atoms with Crippen LogP contribution in [0, 0.1) is 0 Å². The van der Waals surface area contributed by atoms with Gasteiger partial charge in [-0.2, -0.15) is 0 Å². The predicted octanol–water partition coefficient (Wildman–Crippen LogP) is -0.504. The van der Waals surface area contributed by atoms with Crippen molar-refractivity contribution in [3.8, 4) is 5.75 Å². The van der Waals surface area contributed by atoms with Gasteiger partial charge < -0.3 is 30.7 Å². The highest BCUT2D eigenvalue weighted by Gasteiger charge is 2.32. The molecule has 0 radical (unpaired) electrons. The predicted molar refractivity (Wildman–Crippen MR) is 78.2 cm³/mol. The maximum atomic E-state index is 12.2. The van der Waals surface area contributed by atoms with Gasteiger partial charge in [-0.15, -0.1) is 0 Å². The molecule has 0 bridgehead atoms. The lowest BCUT2D eigenvalue weighted by molar-refractivity contribution is -0.407. The highest BCUT2D eigenvalue weighted by Crippen LogP contribution is 2.54. The van der Waals surface area contributed by atoms with Crippen molar-refractivity contribution < 1.29 is 44.8 Å². The summed E-state index contributed by atoms with van der Waals surface area (Å²) in [7, 11) is -4.08. The van der Waals surface area contributed by atoms with E-state index in [0.717, 1.165) is 0 Å². The molecular formula is C13H19NO8P+. The van der Waals surface area contributed by atoms with Crippen molar-refractivity contribution in [2.45, 2.75) is 18.3 Å². The first kappa shape index (κ1) is 19.1. The molecule has 0 aromatic heterocycles. The van der Waals surface area contributed by atoms with Gasteiger partial charge in [0.2, 0.25) is 7.37 Å². The summed E-state index contributed by atoms with van der Waals surface area (Å²) in [6, 6.07) is 4.48. The topological polar surface area (TPSA) is 169 Å². The van der Waals surface area contributed by atoms with E-state index in [1.54, 1.807) is 0 Å². The van der Waals surface area contributed by atoms with Crippen LogP contribution in [0.15, 0.2) is 24.3 Å². The van der Waals surface area contributed by atoms with Gasteiger partial charge in [-0.05, 0) is 17.7 Å². The van der Waals surface area contributed by atoms with Crippen LogP contribution in [0.2, 0.25) is 0 Å². The Balaban J connectivity index is 2.80. The monoisotopic (exact) mass is 348 g/mol. The van der Waals surface area contributed by atoms with Crippen LogP contribution >= 0.6 is 7.37 Å². The summed E-state index contributed by atoms with van der Waals surface area (Å²) < 4.78 is 17.1. The first-order chi connectivity index (χ1) is 10.6. The number of aliphatic hydroxyl groups excluding tert-OH is 1. The number of hydrogen-bond donors (Lipinski definition) is 5. The van der Waals surface area contributed by atoms with Crippen LogP contribution < -0.4 is 10.5 Å². The standard InChI is InChI=1S/C13H18NO8P/c14-10(12(17)18)4-5-23(20,21)13(19)8-2-1-3-9(6-8)22-7-11(15)16/h1-3,6,10,13,19H,4-5,7,14H2,(H,15,16)(H,17,18)(H,20,21)/p+1/t10-,13?/m0/s1. The van der Waals surface area contributed by atoms with Crippen molar-refractivity contribution in [2.75, 3.05) is 12.8 Å². The molecule has 0 amide bonds. The summed E-state index contributed by atoms with van der Waals surface area (Å²) >= 11 is 0. The van der Waals surface area contributed by atoms with E-state index < -0.39 is 44.0 Å². The fraction of sp³-hybridized carbons (Fsp3) is 0.385. The molecule has 0 saturated heterocycles. The van der Waals surface area contributed by atoms with Crippen molar-refractivity contribution in [3.63, 3.8) is 0 Å². The minimum atomic E-state index is -4.08. The Hall–Kier alpha value is -1.93. The van der Waals surface area contributed by atoms with E-state index in [4.69, 9.17) is 14.9 Å². The molecule has 0 spiro atoms. The zero-order valence-corrected chi connectivity index (χ0v) is 13.1. The van der Waals surface area contributed by atoms with Crippen LogP contribution in [-0.2, 0) is 14.2 Å². The quantitative estimate of drug-likeness (QED) is 0.372. The summed E-state index contributed by atoms with van der Waals surface area (Å²) in [5.74, 6) is -3.97. The van der Waals surface area contributed by atoms with Crippen LogP contribution in [0.5, 0.6) is 5.75 Å². The number of benzene rings is 1. The van der Waals surface area contributed by atoms with E-state index in [1.807, 2.05) is 0 Å². The van der Waals surface area contributed by atoms with Gasteiger partial charge in [-0.3, -0.25) is 4.57 Å². The molecule has 0 fully saturated rings. The average Bonchev–Trinajstić information content (AvgIpc) is 2.50. The third-order valence-corrected chi connectivity index (χ3v) is 5.01. The Labute approximate surface area is 131 Å². The zero-order valence-electron chi connectivity index (χ0n) is 12.2. The van der Waals surface area contributed by atoms with Crippen molar-refractivity contribution in [1.29, 1.82) is 0 Å². The molecule has 0 aliphatic rings. The first-order valence-corrected chi connectivity index (χ1v) is 8.55. The molecule has 0 saturated carbocycles. The molecule has 7 N–H and O–H groups in total. The van der Waals surface area contributed by atoms with E-state index in [1.165, 1.54) is 24.3 Å². The minimum absolute atomic E-state index is 0.0784. The van der Waals surface area contributed by atoms with Gasteiger partial charge in [0.25, 0.3) is 0 Å². The SMILES string of the molecule is [NH3+][C@@H](CCP(=O)(O)C(O)c1cccc(OCC(=O)O)c1)C(=O)O. The van der Waals surface area contributed by atoms with E-state index in [0.29, 0.717) is 0 Å². The van der Waals surface area contributed by atoms with Gasteiger partial charge >= 0.3 is 11.9 Å². The van der Waals surface area contributed by atoms with E-state index >= 15 is 0 Å². The minimum Gasteiger partial charge on any atom is -0.482 e. The number of carboxylic acid groups (broad SMARTS) is 2. The fourth-order valence-corrected chi connectivity index (χ4v) is 3.28. The molecule has 1 aromatic rings. The third-order valence-electron chi connectivity index (χ3n) is 3.05. The molecule has 128 valence electrons. The van der Waals surface area contributed by atoms with Gasteiger partial charge in [0.1, 0.15) is 5.75 Å². The number of aliphatic carboxylic acids is 2. The van der Waals surface area contributed by atoms with Crippen molar-refractivity contribution in [2.24, 2.45) is 0 Å². The fourth-order valence-electron chi connectivity index (χ4n) is 1.73. The lowest BCUT2D eigenvalue weighted by atomic mass is 10.2. The van der Waals surface area contributed by atoms with Crippen LogP contribution in [0.1, 0.15) is 17.8 Å². The molecule has 9 nitrogen and oxygen atoms in total. The lowest BCUT2D eigenvalue weighted by Gasteiger charge is -2.19. The molecular weight excluding hydrogens is 329 g/mol. The molecule has 1 rings (SSSR count). The summed E-state index contributed by atoms with van der Waals surface area (Å²) in [6.45, 7) is -0.585. The first-order valence-electron chi connectivity index (χ1n) is 6.63. The summed E-state index contributed by atoms with van der Waals surface area (Å²) in [4.78, 5) is 31.0. The van der Waals surface area contributed by atoms with Crippen molar-refractivity contribution >= 4 is 19.3 Å². The molecule has 1 aromatic carbocycles. The summed E-state index contributed by atoms with van der Waals surface area (Å²) in [5.41, 5.74) is 3.42. The maximum Gasteiger partial charge on any atom is 0.362 e. The molecule has 2 unspecified atom stereocenters. The van der Waals surface area contributed by atoms with Crippen molar-refractivity contribution in [3.05, 3.63) is 29.8 Å². The Morgan fingerprint density at radius 2 is 1.96 bits per heavy atom. The van der Waals surface area contributed by atoms with Crippen LogP contribution in [0.4, 0.5) is 0 Å². The van der Waals surface area contributed by atoms with Gasteiger partial charge in [-0.25, -0.2) is 9.59 Å². The van der Waals surface area contributed by atoms with E-state index in [-0.39, 0.29) is 17.7 Å². The van der Waals surface area contributed by atoms with Crippen LogP contribution in [-0.4, -0.2) is 51.0 Å². The van der Waals surface area contributed by atoms with Gasteiger partial charge in [-0.1, -0.05) is 12.1 Å². The Bertz CT molecular complexity index is 620. The smallest absolute Gasteiger partial charge is 0.362 e. The Kier molecular flexibility index (Phi) is 6.71. The maximum absolute atomic E-state index is 12.2. The second-order valence-corrected chi connectivity index (χ2v) is 7.38. The lowest BCUT2D eigenvalue weighted by Crippen LogP contribution is -2.65. The zero-order chi connectivity index (χ0) is 17.6. The van der Waals surface area contributed by atoms with Crippen LogP contribution in [0.25, 0.3) is 0 Å². The number of quaternary nitrogens is 1. The third kappa shape index (κ3) is 5.99. The highest BCUT2D eigenvalue weighted by atomic mass is 31.2. The van der Waals surface area contributed by atoms with Crippen LogP contribution in [0.3, 0.4) is 0 Å². The summed E-state index contributed by atoms with van der Waals surface area (Å²) in [5, 5.41) is 27.3. The van der Waals surface area contributed by atoms with E-state index in [2.05, 4.69) is 5.73 Å². The van der Waals surface area contributed by atoms with Crippen molar-refractivity contribution in [1.82, 2.24) is 0 Å². The number of carboxylic acids is 2. The number of ether oxygens (including phenoxy) is 1. The average molecular weight is 348 g/mol. The summed E-state index contributed by atoms with van der Waals surface area (Å²) in [6.07, 6.45) is -0.565.